The molecule has 4 rings (SSSR count). The van der Waals surface area contributed by atoms with Gasteiger partial charge in [0.2, 0.25) is 0 Å². The van der Waals surface area contributed by atoms with Crippen molar-refractivity contribution < 1.29 is 18.8 Å². The minimum absolute atomic E-state index is 0. The normalized spacial score (nSPS) is 22.7. The Morgan fingerprint density at radius 3 is 2.65 bits per heavy atom. The fourth-order valence-electron chi connectivity index (χ4n) is 5.23. The lowest BCUT2D eigenvalue weighted by molar-refractivity contribution is -0.692. The van der Waals surface area contributed by atoms with Crippen molar-refractivity contribution in [3.63, 3.8) is 0 Å². The molecule has 31 heavy (non-hydrogen) atoms. The van der Waals surface area contributed by atoms with E-state index in [0.717, 1.165) is 49.2 Å². The Morgan fingerprint density at radius 1 is 1.23 bits per heavy atom. The Hall–Kier alpha value is -2.01. The average molecular weight is 448 g/mol. The Labute approximate surface area is 192 Å². The van der Waals surface area contributed by atoms with Gasteiger partial charge in [-0.1, -0.05) is 27.2 Å². The summed E-state index contributed by atoms with van der Waals surface area (Å²) >= 11 is 0. The largest absolute Gasteiger partial charge is 0.497 e. The zero-order chi connectivity index (χ0) is 21.3. The van der Waals surface area contributed by atoms with Crippen LogP contribution >= 0.6 is 12.4 Å². The van der Waals surface area contributed by atoms with Crippen LogP contribution in [0.25, 0.3) is 11.3 Å². The van der Waals surface area contributed by atoms with E-state index < -0.39 is 0 Å². The molecule has 3 unspecified atom stereocenters. The number of fused-ring (bicyclic) bond motifs is 1. The van der Waals surface area contributed by atoms with Gasteiger partial charge in [0.05, 0.1) is 20.1 Å². The highest BCUT2D eigenvalue weighted by Crippen LogP contribution is 2.35. The fourth-order valence-corrected chi connectivity index (χ4v) is 5.23. The van der Waals surface area contributed by atoms with Gasteiger partial charge in [0.15, 0.2) is 12.2 Å². The SMILES string of the molecule is COc1ccc(-c2c[n+](CC(=O)OC3CC(C)CCC3C(C)C)c3n2CCC3)cc1.Cl. The van der Waals surface area contributed by atoms with Crippen LogP contribution in [-0.2, 0) is 29.0 Å². The van der Waals surface area contributed by atoms with E-state index in [4.69, 9.17) is 9.47 Å². The van der Waals surface area contributed by atoms with Gasteiger partial charge in [-0.05, 0) is 61.3 Å². The molecule has 1 fully saturated rings. The first-order chi connectivity index (χ1) is 14.5. The lowest BCUT2D eigenvalue weighted by Gasteiger charge is -2.36. The minimum atomic E-state index is -0.105. The van der Waals surface area contributed by atoms with Gasteiger partial charge < -0.3 is 9.47 Å². The molecular weight excluding hydrogens is 412 g/mol. The van der Waals surface area contributed by atoms with Crippen molar-refractivity contribution in [1.29, 1.82) is 0 Å². The van der Waals surface area contributed by atoms with E-state index >= 15 is 0 Å². The molecule has 0 bridgehead atoms. The Morgan fingerprint density at radius 2 is 1.97 bits per heavy atom. The van der Waals surface area contributed by atoms with Crippen molar-refractivity contribution in [2.24, 2.45) is 17.8 Å². The summed E-state index contributed by atoms with van der Waals surface area (Å²) in [6, 6.07) is 8.14. The van der Waals surface area contributed by atoms with E-state index in [9.17, 15) is 4.79 Å². The Bertz CT molecular complexity index is 891. The molecule has 5 nitrogen and oxygen atoms in total. The number of imidazole rings is 1. The van der Waals surface area contributed by atoms with Crippen LogP contribution in [-0.4, -0.2) is 23.8 Å². The van der Waals surface area contributed by atoms with Crippen LogP contribution in [0.15, 0.2) is 30.5 Å². The van der Waals surface area contributed by atoms with E-state index in [1.807, 2.05) is 12.1 Å². The van der Waals surface area contributed by atoms with Crippen molar-refractivity contribution in [1.82, 2.24) is 4.57 Å². The third kappa shape index (κ3) is 5.08. The highest BCUT2D eigenvalue weighted by molar-refractivity contribution is 5.85. The van der Waals surface area contributed by atoms with E-state index in [0.29, 0.717) is 24.3 Å². The molecule has 170 valence electrons. The van der Waals surface area contributed by atoms with Gasteiger partial charge in [0, 0.05) is 5.56 Å². The predicted molar refractivity (Wildman–Crippen MR) is 123 cm³/mol. The maximum Gasteiger partial charge on any atom is 0.348 e. The van der Waals surface area contributed by atoms with Gasteiger partial charge in [0.1, 0.15) is 18.1 Å². The molecule has 1 aromatic heterocycles. The first-order valence-corrected chi connectivity index (χ1v) is 11.4. The predicted octanol–water partition coefficient (Wildman–Crippen LogP) is 4.82. The molecule has 0 radical (unpaired) electrons. The molecule has 1 saturated carbocycles. The highest BCUT2D eigenvalue weighted by Gasteiger charge is 2.35. The number of benzene rings is 1. The first-order valence-electron chi connectivity index (χ1n) is 11.4. The number of carbonyl (C=O) groups is 1. The number of aromatic nitrogens is 2. The molecule has 2 aliphatic rings. The van der Waals surface area contributed by atoms with Crippen LogP contribution in [0.5, 0.6) is 5.75 Å². The van der Waals surface area contributed by atoms with Crippen molar-refractivity contribution in [2.45, 2.75) is 72.1 Å². The zero-order valence-corrected chi connectivity index (χ0v) is 20.0. The van der Waals surface area contributed by atoms with E-state index in [2.05, 4.69) is 48.2 Å². The monoisotopic (exact) mass is 447 g/mol. The van der Waals surface area contributed by atoms with Gasteiger partial charge in [-0.25, -0.2) is 13.9 Å². The molecule has 0 saturated heterocycles. The van der Waals surface area contributed by atoms with Crippen LogP contribution in [0.2, 0.25) is 0 Å². The van der Waals surface area contributed by atoms with Crippen LogP contribution in [0.1, 0.15) is 52.3 Å². The fraction of sp³-hybridized carbons (Fsp3) is 0.600. The van der Waals surface area contributed by atoms with Gasteiger partial charge in [-0.3, -0.25) is 0 Å². The second kappa shape index (κ2) is 10.1. The lowest BCUT2D eigenvalue weighted by Crippen LogP contribution is -2.43. The summed E-state index contributed by atoms with van der Waals surface area (Å²) in [7, 11) is 1.68. The summed E-state index contributed by atoms with van der Waals surface area (Å²) < 4.78 is 15.8. The lowest BCUT2D eigenvalue weighted by atomic mass is 9.75. The number of nitrogens with zero attached hydrogens (tertiary/aromatic N) is 2. The van der Waals surface area contributed by atoms with Crippen molar-refractivity contribution in [3.8, 4) is 17.0 Å². The molecule has 1 aliphatic heterocycles. The summed E-state index contributed by atoms with van der Waals surface area (Å²) in [6.07, 6.45) is 7.67. The van der Waals surface area contributed by atoms with Crippen LogP contribution in [0.4, 0.5) is 0 Å². The standard InChI is InChI=1S/C25H35N2O3.ClH/c1-17(2)21-12-7-18(3)14-23(21)30-25(28)16-26-15-22(27-13-5-6-24(26)27)19-8-10-20(29-4)11-9-19;/h8-11,15,17-18,21,23H,5-7,12-14,16H2,1-4H3;1H/q+1;. The van der Waals surface area contributed by atoms with E-state index in [1.54, 1.807) is 7.11 Å². The Kier molecular flexibility index (Phi) is 7.68. The highest BCUT2D eigenvalue weighted by atomic mass is 35.5. The maximum atomic E-state index is 12.9. The first kappa shape index (κ1) is 23.6. The third-order valence-corrected chi connectivity index (χ3v) is 6.92. The van der Waals surface area contributed by atoms with E-state index in [-0.39, 0.29) is 24.5 Å². The summed E-state index contributed by atoms with van der Waals surface area (Å²) in [5.41, 5.74) is 2.30. The molecule has 6 heteroatoms. The second-order valence-corrected chi connectivity index (χ2v) is 9.40. The molecule has 1 aliphatic carbocycles. The molecule has 1 aromatic carbocycles. The van der Waals surface area contributed by atoms with Crippen LogP contribution in [0, 0.1) is 17.8 Å². The molecular formula is C25H36ClN2O3+. The number of hydrogen-bond acceptors (Lipinski definition) is 3. The molecule has 2 heterocycles. The molecule has 0 amide bonds. The average Bonchev–Trinajstić information content (AvgIpc) is 3.32. The zero-order valence-electron chi connectivity index (χ0n) is 19.2. The smallest absolute Gasteiger partial charge is 0.348 e. The van der Waals surface area contributed by atoms with Gasteiger partial charge in [0.25, 0.3) is 5.82 Å². The van der Waals surface area contributed by atoms with Crippen LogP contribution in [0.3, 0.4) is 0 Å². The quantitative estimate of drug-likeness (QED) is 0.471. The van der Waals surface area contributed by atoms with E-state index in [1.165, 1.54) is 12.2 Å². The molecule has 0 spiro atoms. The number of ether oxygens (including phenoxy) is 2. The van der Waals surface area contributed by atoms with Gasteiger partial charge in [-0.15, -0.1) is 12.4 Å². The number of methoxy groups -OCH3 is 1. The topological polar surface area (TPSA) is 44.3 Å². The molecule has 3 atom stereocenters. The number of hydrogen-bond donors (Lipinski definition) is 0. The van der Waals surface area contributed by atoms with Crippen LogP contribution < -0.4 is 9.30 Å². The number of rotatable bonds is 6. The summed E-state index contributed by atoms with van der Waals surface area (Å²) in [5.74, 6) is 3.62. The Balaban J connectivity index is 0.00000272. The molecule has 0 N–H and O–H groups in total. The summed E-state index contributed by atoms with van der Waals surface area (Å²) in [5, 5.41) is 0. The van der Waals surface area contributed by atoms with Crippen molar-refractivity contribution in [3.05, 3.63) is 36.3 Å². The maximum absolute atomic E-state index is 12.9. The number of esters is 1. The van der Waals surface area contributed by atoms with Crippen molar-refractivity contribution in [2.75, 3.05) is 7.11 Å². The van der Waals surface area contributed by atoms with Crippen molar-refractivity contribution >= 4 is 18.4 Å². The third-order valence-electron chi connectivity index (χ3n) is 6.92. The second-order valence-electron chi connectivity index (χ2n) is 9.40. The summed E-state index contributed by atoms with van der Waals surface area (Å²) in [4.78, 5) is 12.9. The van der Waals surface area contributed by atoms with Gasteiger partial charge in [-0.2, -0.15) is 0 Å². The number of carbonyl (C=O) groups excluding carboxylic acids is 1. The number of halogens is 1. The summed E-state index contributed by atoms with van der Waals surface area (Å²) in [6.45, 7) is 8.06. The van der Waals surface area contributed by atoms with Gasteiger partial charge >= 0.3 is 5.97 Å². The minimum Gasteiger partial charge on any atom is -0.497 e. The molecule has 2 aromatic rings.